The standard InChI is InChI=1S/C20H12ClF5N4O3S2/c21-13-5-18(35(31,32)30-19-8-34-9-27-19)15(23)6-17(13)33-16-4-12(20(24,25)26)14(22)3-11(16)10-1-2-28-29-7-10/h1-7,9,19,30H,8H2. The zero-order valence-electron chi connectivity index (χ0n) is 17.1. The second-order valence-corrected chi connectivity index (χ2v) is 9.96. The number of hydrogen-bond donors (Lipinski definition) is 1. The molecule has 35 heavy (non-hydrogen) atoms. The summed E-state index contributed by atoms with van der Waals surface area (Å²) in [5.41, 5.74) is -0.191. The summed E-state index contributed by atoms with van der Waals surface area (Å²) in [4.78, 5) is 3.07. The molecule has 7 nitrogen and oxygen atoms in total. The monoisotopic (exact) mass is 550 g/mol. The highest BCUT2D eigenvalue weighted by atomic mass is 35.5. The van der Waals surface area contributed by atoms with Crippen LogP contribution in [0.25, 0.3) is 11.1 Å². The third-order valence-electron chi connectivity index (χ3n) is 4.63. The molecule has 0 amide bonds. The largest absolute Gasteiger partial charge is 0.455 e. The predicted octanol–water partition coefficient (Wildman–Crippen LogP) is 5.27. The Morgan fingerprint density at radius 2 is 1.86 bits per heavy atom. The molecule has 2 aromatic carbocycles. The van der Waals surface area contributed by atoms with Crippen molar-refractivity contribution in [1.29, 1.82) is 0 Å². The molecule has 0 spiro atoms. The number of ether oxygens (including phenoxy) is 1. The van der Waals surface area contributed by atoms with E-state index in [1.54, 1.807) is 0 Å². The van der Waals surface area contributed by atoms with Gasteiger partial charge < -0.3 is 4.74 Å². The van der Waals surface area contributed by atoms with E-state index in [1.807, 2.05) is 0 Å². The smallest absolute Gasteiger partial charge is 0.419 e. The van der Waals surface area contributed by atoms with Gasteiger partial charge in [-0.25, -0.2) is 17.2 Å². The molecule has 1 atom stereocenters. The van der Waals surface area contributed by atoms with Crippen molar-refractivity contribution in [3.63, 3.8) is 0 Å². The van der Waals surface area contributed by atoms with Gasteiger partial charge in [0.25, 0.3) is 0 Å². The third kappa shape index (κ3) is 5.55. The molecule has 15 heteroatoms. The SMILES string of the molecule is O=S(=O)(NC1CSC=N1)c1cc(Cl)c(Oc2cc(C(F)(F)F)c(F)cc2-c2ccnnc2)cc1F. The summed E-state index contributed by atoms with van der Waals surface area (Å²) in [5, 5.41) is 6.73. The third-order valence-corrected chi connectivity index (χ3v) is 7.17. The van der Waals surface area contributed by atoms with Crippen LogP contribution in [-0.2, 0) is 16.2 Å². The summed E-state index contributed by atoms with van der Waals surface area (Å²) in [6.07, 6.45) is -3.48. The molecule has 0 saturated carbocycles. The maximum absolute atomic E-state index is 14.8. The topological polar surface area (TPSA) is 93.5 Å². The van der Waals surface area contributed by atoms with E-state index in [1.165, 1.54) is 29.6 Å². The fraction of sp³-hybridized carbons (Fsp3) is 0.150. The minimum absolute atomic E-state index is 0.151. The van der Waals surface area contributed by atoms with E-state index in [2.05, 4.69) is 19.9 Å². The molecule has 184 valence electrons. The number of aliphatic imine (C=N–C) groups is 1. The van der Waals surface area contributed by atoms with Crippen molar-refractivity contribution in [2.24, 2.45) is 4.99 Å². The van der Waals surface area contributed by atoms with Gasteiger partial charge >= 0.3 is 6.18 Å². The van der Waals surface area contributed by atoms with Crippen LogP contribution in [0.5, 0.6) is 11.5 Å². The van der Waals surface area contributed by atoms with E-state index >= 15 is 0 Å². The lowest BCUT2D eigenvalue weighted by Gasteiger charge is -2.17. The number of rotatable bonds is 6. The average Bonchev–Trinajstić information content (AvgIpc) is 3.29. The van der Waals surface area contributed by atoms with Gasteiger partial charge in [-0.05, 0) is 24.3 Å². The normalized spacial score (nSPS) is 16.0. The Labute approximate surface area is 204 Å². The summed E-state index contributed by atoms with van der Waals surface area (Å²) >= 11 is 7.36. The molecule has 1 aliphatic rings. The highest BCUT2D eigenvalue weighted by molar-refractivity contribution is 8.12. The predicted molar refractivity (Wildman–Crippen MR) is 119 cm³/mol. The van der Waals surface area contributed by atoms with Crippen molar-refractivity contribution < 1.29 is 35.1 Å². The van der Waals surface area contributed by atoms with Crippen LogP contribution in [0.15, 0.2) is 52.6 Å². The molecule has 1 aliphatic heterocycles. The maximum atomic E-state index is 14.8. The van der Waals surface area contributed by atoms with Gasteiger partial charge in [-0.15, -0.1) is 11.8 Å². The van der Waals surface area contributed by atoms with Crippen molar-refractivity contribution >= 4 is 38.9 Å². The van der Waals surface area contributed by atoms with Crippen LogP contribution < -0.4 is 9.46 Å². The number of thioether (sulfide) groups is 1. The molecule has 1 unspecified atom stereocenters. The molecule has 0 saturated heterocycles. The lowest BCUT2D eigenvalue weighted by atomic mass is 10.0. The summed E-state index contributed by atoms with van der Waals surface area (Å²) in [6, 6.07) is 3.68. The Kier molecular flexibility index (Phi) is 6.99. The number of nitrogens with zero attached hydrogens (tertiary/aromatic N) is 3. The van der Waals surface area contributed by atoms with E-state index < -0.39 is 61.0 Å². The Morgan fingerprint density at radius 1 is 1.09 bits per heavy atom. The quantitative estimate of drug-likeness (QED) is 0.421. The zero-order valence-corrected chi connectivity index (χ0v) is 19.4. The molecule has 0 radical (unpaired) electrons. The molecule has 2 heterocycles. The van der Waals surface area contributed by atoms with Crippen molar-refractivity contribution in [3.8, 4) is 22.6 Å². The summed E-state index contributed by atoms with van der Waals surface area (Å²) in [6.45, 7) is 0. The Morgan fingerprint density at radius 3 is 2.49 bits per heavy atom. The van der Waals surface area contributed by atoms with Crippen LogP contribution in [0.4, 0.5) is 22.0 Å². The minimum atomic E-state index is -5.06. The van der Waals surface area contributed by atoms with Gasteiger partial charge in [0.15, 0.2) is 0 Å². The average molecular weight is 551 g/mol. The first-order valence-electron chi connectivity index (χ1n) is 9.46. The number of alkyl halides is 3. The molecule has 1 aromatic heterocycles. The van der Waals surface area contributed by atoms with E-state index in [4.69, 9.17) is 16.3 Å². The maximum Gasteiger partial charge on any atom is 0.419 e. The second kappa shape index (κ2) is 9.68. The van der Waals surface area contributed by atoms with Gasteiger partial charge in [0.05, 0.1) is 28.5 Å². The lowest BCUT2D eigenvalue weighted by Crippen LogP contribution is -2.34. The van der Waals surface area contributed by atoms with Crippen LogP contribution in [0.3, 0.4) is 0 Å². The van der Waals surface area contributed by atoms with Gasteiger partial charge in [-0.2, -0.15) is 28.1 Å². The van der Waals surface area contributed by atoms with Crippen molar-refractivity contribution in [2.45, 2.75) is 17.2 Å². The summed E-state index contributed by atoms with van der Waals surface area (Å²) < 4.78 is 102. The first kappa shape index (κ1) is 25.3. The lowest BCUT2D eigenvalue weighted by molar-refractivity contribution is -0.140. The van der Waals surface area contributed by atoms with Gasteiger partial charge in [0.2, 0.25) is 10.0 Å². The molecule has 1 N–H and O–H groups in total. The van der Waals surface area contributed by atoms with Crippen molar-refractivity contribution in [2.75, 3.05) is 5.75 Å². The van der Waals surface area contributed by atoms with Crippen LogP contribution in [0, 0.1) is 11.6 Å². The van der Waals surface area contributed by atoms with Crippen LogP contribution in [0.2, 0.25) is 5.02 Å². The van der Waals surface area contributed by atoms with Gasteiger partial charge in [0.1, 0.15) is 34.2 Å². The Balaban J connectivity index is 1.75. The van der Waals surface area contributed by atoms with Gasteiger partial charge in [-0.1, -0.05) is 11.6 Å². The number of sulfonamides is 1. The first-order valence-corrected chi connectivity index (χ1v) is 12.4. The molecule has 0 aliphatic carbocycles. The zero-order chi connectivity index (χ0) is 25.4. The fourth-order valence-electron chi connectivity index (χ4n) is 3.04. The van der Waals surface area contributed by atoms with Crippen LogP contribution in [0.1, 0.15) is 5.56 Å². The van der Waals surface area contributed by atoms with Crippen molar-refractivity contribution in [1.82, 2.24) is 14.9 Å². The highest BCUT2D eigenvalue weighted by Crippen LogP contribution is 2.42. The Bertz CT molecular complexity index is 1410. The number of benzene rings is 2. The molecule has 0 fully saturated rings. The van der Waals surface area contributed by atoms with Crippen LogP contribution in [-0.4, -0.2) is 36.1 Å². The van der Waals surface area contributed by atoms with E-state index in [0.29, 0.717) is 24.0 Å². The molecule has 3 aromatic rings. The second-order valence-electron chi connectivity index (χ2n) is 7.00. The first-order chi connectivity index (χ1) is 16.5. The summed E-state index contributed by atoms with van der Waals surface area (Å²) in [7, 11) is -4.37. The van der Waals surface area contributed by atoms with Gasteiger partial charge in [0, 0.05) is 22.9 Å². The van der Waals surface area contributed by atoms with Gasteiger partial charge in [-0.3, -0.25) is 4.99 Å². The molecule has 4 rings (SSSR count). The van der Waals surface area contributed by atoms with E-state index in [-0.39, 0.29) is 11.1 Å². The number of hydrogen-bond acceptors (Lipinski definition) is 7. The van der Waals surface area contributed by atoms with Crippen molar-refractivity contribution in [3.05, 3.63) is 64.9 Å². The minimum Gasteiger partial charge on any atom is -0.455 e. The molecular weight excluding hydrogens is 539 g/mol. The van der Waals surface area contributed by atoms with Crippen LogP contribution >= 0.6 is 23.4 Å². The molecular formula is C20H12ClF5N4O3S2. The van der Waals surface area contributed by atoms with E-state index in [9.17, 15) is 30.4 Å². The number of aromatic nitrogens is 2. The fourth-order valence-corrected chi connectivity index (χ4v) is 5.31. The number of halogens is 6. The van der Waals surface area contributed by atoms with E-state index in [0.717, 1.165) is 12.3 Å². The summed E-state index contributed by atoms with van der Waals surface area (Å²) in [5.74, 6) is -3.57. The number of nitrogens with one attached hydrogen (secondary N) is 1. The highest BCUT2D eigenvalue weighted by Gasteiger charge is 2.36. The molecule has 0 bridgehead atoms. The Hall–Kier alpha value is -2.81.